The normalized spacial score (nSPS) is 12.8. The fourth-order valence-corrected chi connectivity index (χ4v) is 2.05. The van der Waals surface area contributed by atoms with E-state index < -0.39 is 0 Å². The Labute approximate surface area is 115 Å². The Morgan fingerprint density at radius 1 is 1.17 bits per heavy atom. The number of hydrogen-bond donors (Lipinski definition) is 1. The first kappa shape index (κ1) is 15.0. The molecule has 0 spiro atoms. The summed E-state index contributed by atoms with van der Waals surface area (Å²) in [5, 5.41) is 3.70. The molecular formula is C15H22ClNO. The van der Waals surface area contributed by atoms with Gasteiger partial charge in [0.2, 0.25) is 5.91 Å². The highest BCUT2D eigenvalue weighted by molar-refractivity contribution is 6.30. The van der Waals surface area contributed by atoms with Gasteiger partial charge in [0.25, 0.3) is 0 Å². The summed E-state index contributed by atoms with van der Waals surface area (Å²) in [6, 6.07) is 7.54. The van der Waals surface area contributed by atoms with Gasteiger partial charge in [-0.05, 0) is 29.5 Å². The first-order valence-corrected chi connectivity index (χ1v) is 6.82. The van der Waals surface area contributed by atoms with Crippen molar-refractivity contribution in [3.63, 3.8) is 0 Å². The van der Waals surface area contributed by atoms with Gasteiger partial charge in [0.15, 0.2) is 0 Å². The fourth-order valence-electron chi connectivity index (χ4n) is 1.92. The van der Waals surface area contributed by atoms with Crippen molar-refractivity contribution < 1.29 is 4.79 Å². The molecule has 1 atom stereocenters. The van der Waals surface area contributed by atoms with Gasteiger partial charge in [-0.3, -0.25) is 4.79 Å². The van der Waals surface area contributed by atoms with Crippen molar-refractivity contribution in [1.82, 2.24) is 5.32 Å². The van der Waals surface area contributed by atoms with E-state index in [1.807, 2.05) is 24.3 Å². The largest absolute Gasteiger partial charge is 0.355 e. The second-order valence-electron chi connectivity index (χ2n) is 5.41. The molecule has 0 fully saturated rings. The minimum Gasteiger partial charge on any atom is -0.355 e. The molecule has 0 saturated heterocycles. The summed E-state index contributed by atoms with van der Waals surface area (Å²) < 4.78 is 0. The number of carbonyl (C=O) groups excluding carboxylic acids is 1. The smallest absolute Gasteiger partial charge is 0.227 e. The lowest BCUT2D eigenvalue weighted by Crippen LogP contribution is -2.34. The standard InChI is InChI=1S/C15H22ClNO/c1-10(2)9-17-15(18)14(11(3)4)12-5-7-13(16)8-6-12/h5-8,10-11,14H,9H2,1-4H3,(H,17,18). The second kappa shape index (κ2) is 6.79. The highest BCUT2D eigenvalue weighted by atomic mass is 35.5. The van der Waals surface area contributed by atoms with E-state index in [1.165, 1.54) is 0 Å². The number of hydrogen-bond acceptors (Lipinski definition) is 1. The predicted molar refractivity (Wildman–Crippen MR) is 76.9 cm³/mol. The van der Waals surface area contributed by atoms with Crippen LogP contribution in [0.25, 0.3) is 0 Å². The van der Waals surface area contributed by atoms with E-state index >= 15 is 0 Å². The maximum Gasteiger partial charge on any atom is 0.227 e. The third-order valence-electron chi connectivity index (χ3n) is 2.86. The van der Waals surface area contributed by atoms with Crippen molar-refractivity contribution in [1.29, 1.82) is 0 Å². The van der Waals surface area contributed by atoms with Crippen molar-refractivity contribution in [3.05, 3.63) is 34.9 Å². The van der Waals surface area contributed by atoms with Gasteiger partial charge in [-0.25, -0.2) is 0 Å². The number of amides is 1. The van der Waals surface area contributed by atoms with Gasteiger partial charge < -0.3 is 5.32 Å². The zero-order chi connectivity index (χ0) is 13.7. The van der Waals surface area contributed by atoms with Crippen molar-refractivity contribution in [3.8, 4) is 0 Å². The number of rotatable bonds is 5. The number of carbonyl (C=O) groups is 1. The Bertz CT molecular complexity index is 384. The maximum absolute atomic E-state index is 12.2. The number of halogens is 1. The summed E-state index contributed by atoms with van der Waals surface area (Å²) >= 11 is 5.88. The van der Waals surface area contributed by atoms with Crippen LogP contribution >= 0.6 is 11.6 Å². The molecule has 0 bridgehead atoms. The van der Waals surface area contributed by atoms with Crippen LogP contribution in [0.15, 0.2) is 24.3 Å². The van der Waals surface area contributed by atoms with Crippen molar-refractivity contribution in [2.75, 3.05) is 6.54 Å². The van der Waals surface area contributed by atoms with Gasteiger partial charge in [0, 0.05) is 11.6 Å². The molecule has 0 aliphatic heterocycles. The molecule has 0 saturated carbocycles. The summed E-state index contributed by atoms with van der Waals surface area (Å²) in [4.78, 5) is 12.2. The SMILES string of the molecule is CC(C)CNC(=O)C(c1ccc(Cl)cc1)C(C)C. The van der Waals surface area contributed by atoms with Crippen LogP contribution < -0.4 is 5.32 Å². The summed E-state index contributed by atoms with van der Waals surface area (Å²) in [5.41, 5.74) is 1.02. The molecule has 0 aliphatic carbocycles. The number of benzene rings is 1. The van der Waals surface area contributed by atoms with E-state index in [0.717, 1.165) is 12.1 Å². The molecule has 1 aromatic carbocycles. The minimum absolute atomic E-state index is 0.0982. The fraction of sp³-hybridized carbons (Fsp3) is 0.533. The summed E-state index contributed by atoms with van der Waals surface area (Å²) in [5.74, 6) is 0.715. The third kappa shape index (κ3) is 4.34. The van der Waals surface area contributed by atoms with Crippen molar-refractivity contribution >= 4 is 17.5 Å². The van der Waals surface area contributed by atoms with E-state index in [4.69, 9.17) is 11.6 Å². The molecule has 1 N–H and O–H groups in total. The lowest BCUT2D eigenvalue weighted by molar-refractivity contribution is -0.123. The molecule has 0 aliphatic rings. The molecule has 1 amide bonds. The monoisotopic (exact) mass is 267 g/mol. The van der Waals surface area contributed by atoms with Crippen LogP contribution in [0.4, 0.5) is 0 Å². The molecule has 100 valence electrons. The highest BCUT2D eigenvalue weighted by Crippen LogP contribution is 2.25. The van der Waals surface area contributed by atoms with Gasteiger partial charge in [0.1, 0.15) is 0 Å². The van der Waals surface area contributed by atoms with Crippen LogP contribution in [0.3, 0.4) is 0 Å². The topological polar surface area (TPSA) is 29.1 Å². The van der Waals surface area contributed by atoms with E-state index in [1.54, 1.807) is 0 Å². The molecule has 2 nitrogen and oxygen atoms in total. The lowest BCUT2D eigenvalue weighted by atomic mass is 9.87. The van der Waals surface area contributed by atoms with Crippen LogP contribution in [0, 0.1) is 11.8 Å². The Morgan fingerprint density at radius 2 is 1.72 bits per heavy atom. The third-order valence-corrected chi connectivity index (χ3v) is 3.11. The van der Waals surface area contributed by atoms with Gasteiger partial charge >= 0.3 is 0 Å². The Morgan fingerprint density at radius 3 is 2.17 bits per heavy atom. The molecule has 1 unspecified atom stereocenters. The van der Waals surface area contributed by atoms with Crippen LogP contribution in [-0.2, 0) is 4.79 Å². The zero-order valence-electron chi connectivity index (χ0n) is 11.5. The maximum atomic E-state index is 12.2. The molecule has 1 aromatic rings. The molecule has 0 radical (unpaired) electrons. The summed E-state index contributed by atoms with van der Waals surface area (Å²) in [6.45, 7) is 9.03. The van der Waals surface area contributed by atoms with Gasteiger partial charge in [-0.15, -0.1) is 0 Å². The van der Waals surface area contributed by atoms with Gasteiger partial charge in [0.05, 0.1) is 5.92 Å². The van der Waals surface area contributed by atoms with Crippen LogP contribution in [0.2, 0.25) is 5.02 Å². The van der Waals surface area contributed by atoms with Crippen LogP contribution in [0.1, 0.15) is 39.2 Å². The molecule has 0 heterocycles. The molecule has 18 heavy (non-hydrogen) atoms. The first-order valence-electron chi connectivity index (χ1n) is 6.45. The summed E-state index contributed by atoms with van der Waals surface area (Å²) in [7, 11) is 0. The molecule has 1 rings (SSSR count). The van der Waals surface area contributed by atoms with E-state index in [-0.39, 0.29) is 17.7 Å². The first-order chi connectivity index (χ1) is 8.41. The Hall–Kier alpha value is -1.02. The summed E-state index contributed by atoms with van der Waals surface area (Å²) in [6.07, 6.45) is 0. The van der Waals surface area contributed by atoms with Crippen molar-refractivity contribution in [2.45, 2.75) is 33.6 Å². The zero-order valence-corrected chi connectivity index (χ0v) is 12.3. The van der Waals surface area contributed by atoms with E-state index in [0.29, 0.717) is 10.9 Å². The average Bonchev–Trinajstić information content (AvgIpc) is 2.29. The van der Waals surface area contributed by atoms with Crippen molar-refractivity contribution in [2.24, 2.45) is 11.8 Å². The van der Waals surface area contributed by atoms with E-state index in [9.17, 15) is 4.79 Å². The molecule has 3 heteroatoms. The molecule has 0 aromatic heterocycles. The van der Waals surface area contributed by atoms with Gasteiger partial charge in [-0.1, -0.05) is 51.4 Å². The average molecular weight is 268 g/mol. The molecular weight excluding hydrogens is 246 g/mol. The Kier molecular flexibility index (Phi) is 5.67. The van der Waals surface area contributed by atoms with E-state index in [2.05, 4.69) is 33.0 Å². The Balaban J connectivity index is 2.82. The van der Waals surface area contributed by atoms with Gasteiger partial charge in [-0.2, -0.15) is 0 Å². The lowest BCUT2D eigenvalue weighted by Gasteiger charge is -2.21. The quantitative estimate of drug-likeness (QED) is 0.863. The predicted octanol–water partition coefficient (Wildman–Crippen LogP) is 3.85. The number of nitrogens with one attached hydrogen (secondary N) is 1. The van der Waals surface area contributed by atoms with Crippen LogP contribution in [0.5, 0.6) is 0 Å². The van der Waals surface area contributed by atoms with Crippen LogP contribution in [-0.4, -0.2) is 12.5 Å². The minimum atomic E-state index is -0.110. The highest BCUT2D eigenvalue weighted by Gasteiger charge is 2.23. The second-order valence-corrected chi connectivity index (χ2v) is 5.85.